The van der Waals surface area contributed by atoms with Crippen molar-refractivity contribution in [3.8, 4) is 0 Å². The maximum Gasteiger partial charge on any atom is 0.140 e. The molecule has 0 heterocycles. The Morgan fingerprint density at radius 3 is 2.58 bits per heavy atom. The number of hydrogen-bond acceptors (Lipinski definition) is 1. The van der Waals surface area contributed by atoms with E-state index in [0.29, 0.717) is 5.78 Å². The molecule has 1 aliphatic carbocycles. The van der Waals surface area contributed by atoms with E-state index in [-0.39, 0.29) is 5.92 Å². The van der Waals surface area contributed by atoms with Crippen LogP contribution < -0.4 is 0 Å². The molecule has 0 radical (unpaired) electrons. The van der Waals surface area contributed by atoms with Gasteiger partial charge >= 0.3 is 0 Å². The second kappa shape index (κ2) is 3.02. The summed E-state index contributed by atoms with van der Waals surface area (Å²) in [4.78, 5) is 11.2. The molecule has 12 heavy (non-hydrogen) atoms. The van der Waals surface area contributed by atoms with Crippen molar-refractivity contribution in [2.24, 2.45) is 0 Å². The van der Waals surface area contributed by atoms with Gasteiger partial charge in [0.25, 0.3) is 0 Å². The molecular formula is C10H9BrO. The van der Waals surface area contributed by atoms with Crippen molar-refractivity contribution in [2.45, 2.75) is 18.8 Å². The molecule has 0 aromatic heterocycles. The van der Waals surface area contributed by atoms with Crippen molar-refractivity contribution >= 4 is 21.7 Å². The van der Waals surface area contributed by atoms with Crippen LogP contribution in [0.25, 0.3) is 0 Å². The van der Waals surface area contributed by atoms with Crippen molar-refractivity contribution in [2.75, 3.05) is 0 Å². The molecule has 1 saturated carbocycles. The summed E-state index contributed by atoms with van der Waals surface area (Å²) >= 11 is 3.45. The lowest BCUT2D eigenvalue weighted by Gasteiger charge is -2.24. The maximum absolute atomic E-state index is 11.2. The van der Waals surface area contributed by atoms with E-state index in [2.05, 4.69) is 15.9 Å². The third-order valence-electron chi connectivity index (χ3n) is 2.35. The number of ketones is 1. The summed E-state index contributed by atoms with van der Waals surface area (Å²) in [5.41, 5.74) is 1.15. The molecule has 0 bridgehead atoms. The lowest BCUT2D eigenvalue weighted by Crippen LogP contribution is -2.23. The molecule has 0 saturated heterocycles. The molecule has 1 aromatic rings. The molecule has 1 aliphatic rings. The van der Waals surface area contributed by atoms with Crippen LogP contribution in [0.15, 0.2) is 28.7 Å². The standard InChI is InChI=1S/C10H9BrO/c11-9-4-2-1-3-7(9)8-5-6-10(8)12/h1-4,8H,5-6H2/t8-/m1/s1. The van der Waals surface area contributed by atoms with Crippen LogP contribution in [-0.2, 0) is 4.79 Å². The Morgan fingerprint density at radius 1 is 1.33 bits per heavy atom. The minimum atomic E-state index is 0.167. The van der Waals surface area contributed by atoms with Crippen molar-refractivity contribution < 1.29 is 4.79 Å². The molecule has 0 spiro atoms. The van der Waals surface area contributed by atoms with Crippen molar-refractivity contribution in [3.05, 3.63) is 34.3 Å². The first-order chi connectivity index (χ1) is 5.79. The van der Waals surface area contributed by atoms with Gasteiger partial charge in [-0.15, -0.1) is 0 Å². The van der Waals surface area contributed by atoms with Gasteiger partial charge in [0.15, 0.2) is 0 Å². The lowest BCUT2D eigenvalue weighted by molar-refractivity contribution is -0.125. The van der Waals surface area contributed by atoms with Gasteiger partial charge in [0.05, 0.1) is 0 Å². The number of Topliss-reactive ketones (excluding diaryl/α,β-unsaturated/α-hetero) is 1. The zero-order valence-corrected chi connectivity index (χ0v) is 8.17. The van der Waals surface area contributed by atoms with E-state index in [1.807, 2.05) is 24.3 Å². The predicted octanol–water partition coefficient (Wildman–Crippen LogP) is 2.90. The fourth-order valence-corrected chi connectivity index (χ4v) is 2.05. The number of benzene rings is 1. The number of carbonyl (C=O) groups is 1. The van der Waals surface area contributed by atoms with Gasteiger partial charge in [0, 0.05) is 16.8 Å². The summed E-state index contributed by atoms with van der Waals surface area (Å²) in [6.45, 7) is 0. The highest BCUT2D eigenvalue weighted by Gasteiger charge is 2.30. The summed E-state index contributed by atoms with van der Waals surface area (Å²) in [7, 11) is 0. The molecule has 62 valence electrons. The largest absolute Gasteiger partial charge is 0.299 e. The fraction of sp³-hybridized carbons (Fsp3) is 0.300. The second-order valence-corrected chi connectivity index (χ2v) is 3.93. The van der Waals surface area contributed by atoms with Gasteiger partial charge in [-0.3, -0.25) is 4.79 Å². The van der Waals surface area contributed by atoms with Crippen LogP contribution in [-0.4, -0.2) is 5.78 Å². The van der Waals surface area contributed by atoms with E-state index >= 15 is 0 Å². The van der Waals surface area contributed by atoms with E-state index in [0.717, 1.165) is 22.9 Å². The molecule has 1 nitrogen and oxygen atoms in total. The molecule has 2 heteroatoms. The Kier molecular flexibility index (Phi) is 2.01. The van der Waals surface area contributed by atoms with E-state index in [1.54, 1.807) is 0 Å². The molecule has 1 aromatic carbocycles. The van der Waals surface area contributed by atoms with Gasteiger partial charge in [0.2, 0.25) is 0 Å². The summed E-state index contributed by atoms with van der Waals surface area (Å²) in [6.07, 6.45) is 1.77. The van der Waals surface area contributed by atoms with Crippen LogP contribution in [0.4, 0.5) is 0 Å². The van der Waals surface area contributed by atoms with Gasteiger partial charge in [-0.2, -0.15) is 0 Å². The molecule has 0 amide bonds. The normalized spacial score (nSPS) is 22.1. The molecule has 1 atom stereocenters. The Balaban J connectivity index is 2.33. The Hall–Kier alpha value is -0.630. The number of halogens is 1. The number of hydrogen-bond donors (Lipinski definition) is 0. The number of carbonyl (C=O) groups excluding carboxylic acids is 1. The third kappa shape index (κ3) is 1.20. The van der Waals surface area contributed by atoms with Crippen LogP contribution in [0.2, 0.25) is 0 Å². The van der Waals surface area contributed by atoms with Crippen LogP contribution in [0.1, 0.15) is 24.3 Å². The summed E-state index contributed by atoms with van der Waals surface area (Å²) in [5.74, 6) is 0.544. The predicted molar refractivity (Wildman–Crippen MR) is 51.1 cm³/mol. The SMILES string of the molecule is O=C1CC[C@@H]1c1ccccc1Br. The van der Waals surface area contributed by atoms with Gasteiger partial charge in [-0.05, 0) is 18.1 Å². The van der Waals surface area contributed by atoms with Gasteiger partial charge < -0.3 is 0 Å². The Labute approximate surface area is 79.9 Å². The van der Waals surface area contributed by atoms with E-state index in [1.165, 1.54) is 0 Å². The average Bonchev–Trinajstić information content (AvgIpc) is 2.06. The van der Waals surface area contributed by atoms with Gasteiger partial charge in [-0.1, -0.05) is 34.1 Å². The summed E-state index contributed by atoms with van der Waals surface area (Å²) in [5, 5.41) is 0. The minimum absolute atomic E-state index is 0.167. The van der Waals surface area contributed by atoms with Crippen LogP contribution in [0, 0.1) is 0 Å². The Morgan fingerprint density at radius 2 is 2.08 bits per heavy atom. The highest BCUT2D eigenvalue weighted by molar-refractivity contribution is 9.10. The Bertz CT molecular complexity index is 319. The van der Waals surface area contributed by atoms with Crippen LogP contribution >= 0.6 is 15.9 Å². The van der Waals surface area contributed by atoms with E-state index in [9.17, 15) is 4.79 Å². The summed E-state index contributed by atoms with van der Waals surface area (Å²) < 4.78 is 1.06. The topological polar surface area (TPSA) is 17.1 Å². The second-order valence-electron chi connectivity index (χ2n) is 3.08. The molecule has 0 unspecified atom stereocenters. The first kappa shape index (κ1) is 7.99. The monoisotopic (exact) mass is 224 g/mol. The zero-order chi connectivity index (χ0) is 8.55. The number of rotatable bonds is 1. The average molecular weight is 225 g/mol. The van der Waals surface area contributed by atoms with Crippen LogP contribution in [0.3, 0.4) is 0 Å². The summed E-state index contributed by atoms with van der Waals surface area (Å²) in [6, 6.07) is 7.95. The maximum atomic E-state index is 11.2. The van der Waals surface area contributed by atoms with Crippen molar-refractivity contribution in [3.63, 3.8) is 0 Å². The molecule has 1 fully saturated rings. The fourth-order valence-electron chi connectivity index (χ4n) is 1.49. The zero-order valence-electron chi connectivity index (χ0n) is 6.59. The first-order valence-electron chi connectivity index (χ1n) is 4.06. The van der Waals surface area contributed by atoms with Gasteiger partial charge in [0.1, 0.15) is 5.78 Å². The van der Waals surface area contributed by atoms with E-state index in [4.69, 9.17) is 0 Å². The quantitative estimate of drug-likeness (QED) is 0.718. The lowest BCUT2D eigenvalue weighted by atomic mass is 9.79. The van der Waals surface area contributed by atoms with Crippen molar-refractivity contribution in [1.82, 2.24) is 0 Å². The molecule has 2 rings (SSSR count). The van der Waals surface area contributed by atoms with Crippen LogP contribution in [0.5, 0.6) is 0 Å². The molecular weight excluding hydrogens is 216 g/mol. The van der Waals surface area contributed by atoms with Gasteiger partial charge in [-0.25, -0.2) is 0 Å². The highest BCUT2D eigenvalue weighted by Crippen LogP contribution is 2.36. The highest BCUT2D eigenvalue weighted by atomic mass is 79.9. The molecule has 0 N–H and O–H groups in total. The third-order valence-corrected chi connectivity index (χ3v) is 3.07. The smallest absolute Gasteiger partial charge is 0.140 e. The molecule has 0 aliphatic heterocycles. The minimum Gasteiger partial charge on any atom is -0.299 e. The van der Waals surface area contributed by atoms with Crippen molar-refractivity contribution in [1.29, 1.82) is 0 Å². The first-order valence-corrected chi connectivity index (χ1v) is 4.85. The van der Waals surface area contributed by atoms with E-state index < -0.39 is 0 Å².